The molecule has 0 unspecified atom stereocenters. The van der Waals surface area contributed by atoms with Crippen LogP contribution in [0.2, 0.25) is 0 Å². The van der Waals surface area contributed by atoms with Crippen molar-refractivity contribution in [2.75, 3.05) is 38.3 Å². The van der Waals surface area contributed by atoms with Crippen LogP contribution in [0.5, 0.6) is 0 Å². The molecule has 19 heavy (non-hydrogen) atoms. The maximum atomic E-state index is 4.46. The molecule has 0 aliphatic heterocycles. The third-order valence-corrected chi connectivity index (χ3v) is 3.73. The predicted molar refractivity (Wildman–Crippen MR) is 84.2 cm³/mol. The van der Waals surface area contributed by atoms with E-state index in [1.54, 1.807) is 6.33 Å². The lowest BCUT2D eigenvalue weighted by Gasteiger charge is -2.17. The number of aromatic nitrogens is 2. The van der Waals surface area contributed by atoms with Gasteiger partial charge in [-0.2, -0.15) is 0 Å². The monoisotopic (exact) mass is 282 g/mol. The van der Waals surface area contributed by atoms with Gasteiger partial charge in [0, 0.05) is 24.4 Å². The summed E-state index contributed by atoms with van der Waals surface area (Å²) in [6.07, 6.45) is 2.77. The van der Waals surface area contributed by atoms with Crippen molar-refractivity contribution in [3.8, 4) is 0 Å². The van der Waals surface area contributed by atoms with Crippen molar-refractivity contribution in [2.24, 2.45) is 0 Å². The molecule has 1 heterocycles. The summed E-state index contributed by atoms with van der Waals surface area (Å²) in [6.45, 7) is 8.58. The standard InChI is InChI=1S/C14H26N4S/c1-6-7-15-13-12(11(2)3)14(17-10-16-13)19-9-8-18(4)5/h10-11H,6-9H2,1-5H3,(H,15,16,17). The molecule has 0 bridgehead atoms. The maximum Gasteiger partial charge on any atom is 0.133 e. The van der Waals surface area contributed by atoms with Crippen LogP contribution in [0, 0.1) is 0 Å². The molecule has 0 amide bonds. The van der Waals surface area contributed by atoms with E-state index < -0.39 is 0 Å². The molecule has 1 aromatic heterocycles. The Labute approximate surface area is 121 Å². The van der Waals surface area contributed by atoms with Crippen molar-refractivity contribution in [3.63, 3.8) is 0 Å². The Balaban J connectivity index is 2.83. The number of nitrogens with zero attached hydrogens (tertiary/aromatic N) is 3. The molecule has 0 aromatic carbocycles. The van der Waals surface area contributed by atoms with Crippen molar-refractivity contribution in [3.05, 3.63) is 11.9 Å². The Kier molecular flexibility index (Phi) is 7.16. The number of nitrogens with one attached hydrogen (secondary N) is 1. The summed E-state index contributed by atoms with van der Waals surface area (Å²) < 4.78 is 0. The molecule has 0 radical (unpaired) electrons. The van der Waals surface area contributed by atoms with E-state index in [2.05, 4.69) is 55.1 Å². The van der Waals surface area contributed by atoms with Gasteiger partial charge < -0.3 is 10.2 Å². The lowest BCUT2D eigenvalue weighted by atomic mass is 10.1. The first-order valence-electron chi connectivity index (χ1n) is 6.92. The van der Waals surface area contributed by atoms with E-state index in [4.69, 9.17) is 0 Å². The SMILES string of the molecule is CCCNc1ncnc(SCCN(C)C)c1C(C)C. The number of hydrogen-bond acceptors (Lipinski definition) is 5. The zero-order valence-electron chi connectivity index (χ0n) is 12.7. The van der Waals surface area contributed by atoms with Gasteiger partial charge >= 0.3 is 0 Å². The molecule has 0 saturated carbocycles. The average Bonchev–Trinajstić information content (AvgIpc) is 2.35. The van der Waals surface area contributed by atoms with Gasteiger partial charge in [-0.1, -0.05) is 20.8 Å². The lowest BCUT2D eigenvalue weighted by Crippen LogP contribution is -2.15. The van der Waals surface area contributed by atoms with Crippen LogP contribution in [0.4, 0.5) is 5.82 Å². The summed E-state index contributed by atoms with van der Waals surface area (Å²) in [5.41, 5.74) is 1.25. The number of hydrogen-bond donors (Lipinski definition) is 1. The molecule has 108 valence electrons. The van der Waals surface area contributed by atoms with Gasteiger partial charge in [-0.25, -0.2) is 9.97 Å². The minimum absolute atomic E-state index is 0.433. The van der Waals surface area contributed by atoms with E-state index in [0.29, 0.717) is 5.92 Å². The Hall–Kier alpha value is -0.810. The predicted octanol–water partition coefficient (Wildman–Crippen LogP) is 3.08. The van der Waals surface area contributed by atoms with Gasteiger partial charge in [0.1, 0.15) is 17.2 Å². The molecular formula is C14H26N4S. The highest BCUT2D eigenvalue weighted by molar-refractivity contribution is 7.99. The van der Waals surface area contributed by atoms with Gasteiger partial charge in [0.25, 0.3) is 0 Å². The second-order valence-corrected chi connectivity index (χ2v) is 6.26. The first-order chi connectivity index (χ1) is 9.06. The number of thioether (sulfide) groups is 1. The quantitative estimate of drug-likeness (QED) is 0.586. The maximum absolute atomic E-state index is 4.46. The molecule has 1 rings (SSSR count). The highest BCUT2D eigenvalue weighted by Gasteiger charge is 2.14. The largest absolute Gasteiger partial charge is 0.370 e. The van der Waals surface area contributed by atoms with Gasteiger partial charge in [0.05, 0.1) is 0 Å². The molecule has 4 nitrogen and oxygen atoms in total. The fraction of sp³-hybridized carbons (Fsp3) is 0.714. The molecule has 0 aliphatic rings. The second-order valence-electron chi connectivity index (χ2n) is 5.17. The van der Waals surface area contributed by atoms with E-state index in [1.165, 1.54) is 5.56 Å². The van der Waals surface area contributed by atoms with E-state index in [0.717, 1.165) is 36.1 Å². The third-order valence-electron chi connectivity index (χ3n) is 2.74. The number of rotatable bonds is 8. The smallest absolute Gasteiger partial charge is 0.133 e. The van der Waals surface area contributed by atoms with Crippen LogP contribution >= 0.6 is 11.8 Å². The minimum atomic E-state index is 0.433. The lowest BCUT2D eigenvalue weighted by molar-refractivity contribution is 0.437. The van der Waals surface area contributed by atoms with Crippen molar-refractivity contribution in [1.82, 2.24) is 14.9 Å². The van der Waals surface area contributed by atoms with Gasteiger partial charge in [-0.15, -0.1) is 11.8 Å². The first-order valence-corrected chi connectivity index (χ1v) is 7.91. The van der Waals surface area contributed by atoms with Crippen LogP contribution in [0.15, 0.2) is 11.4 Å². The fourth-order valence-electron chi connectivity index (χ4n) is 1.72. The fourth-order valence-corrected chi connectivity index (χ4v) is 2.98. The third kappa shape index (κ3) is 5.37. The molecule has 0 aliphatic carbocycles. The Morgan fingerprint density at radius 2 is 2.05 bits per heavy atom. The molecule has 0 saturated heterocycles. The van der Waals surface area contributed by atoms with Gasteiger partial charge in [-0.3, -0.25) is 0 Å². The Bertz CT molecular complexity index is 380. The molecular weight excluding hydrogens is 256 g/mol. The summed E-state index contributed by atoms with van der Waals surface area (Å²) in [6, 6.07) is 0. The van der Waals surface area contributed by atoms with Crippen molar-refractivity contribution >= 4 is 17.6 Å². The van der Waals surface area contributed by atoms with Crippen LogP contribution in [0.25, 0.3) is 0 Å². The van der Waals surface area contributed by atoms with Crippen LogP contribution in [-0.2, 0) is 0 Å². The highest BCUT2D eigenvalue weighted by atomic mass is 32.2. The van der Waals surface area contributed by atoms with Crippen molar-refractivity contribution < 1.29 is 0 Å². The van der Waals surface area contributed by atoms with Crippen LogP contribution in [0.3, 0.4) is 0 Å². The zero-order valence-corrected chi connectivity index (χ0v) is 13.5. The van der Waals surface area contributed by atoms with E-state index >= 15 is 0 Å². The van der Waals surface area contributed by atoms with Crippen LogP contribution < -0.4 is 5.32 Å². The molecule has 0 fully saturated rings. The van der Waals surface area contributed by atoms with Crippen molar-refractivity contribution in [2.45, 2.75) is 38.1 Å². The average molecular weight is 282 g/mol. The van der Waals surface area contributed by atoms with Gasteiger partial charge in [0.2, 0.25) is 0 Å². The Morgan fingerprint density at radius 1 is 1.32 bits per heavy atom. The van der Waals surface area contributed by atoms with Gasteiger partial charge in [0.15, 0.2) is 0 Å². The summed E-state index contributed by atoms with van der Waals surface area (Å²) >= 11 is 1.82. The first kappa shape index (κ1) is 16.2. The minimum Gasteiger partial charge on any atom is -0.370 e. The normalized spacial score (nSPS) is 11.3. The zero-order chi connectivity index (χ0) is 14.3. The second kappa shape index (κ2) is 8.38. The van der Waals surface area contributed by atoms with Crippen LogP contribution in [-0.4, -0.2) is 47.8 Å². The summed E-state index contributed by atoms with van der Waals surface area (Å²) in [5.74, 6) is 2.48. The summed E-state index contributed by atoms with van der Waals surface area (Å²) in [4.78, 5) is 11.0. The number of anilines is 1. The summed E-state index contributed by atoms with van der Waals surface area (Å²) in [7, 11) is 4.19. The molecule has 1 aromatic rings. The van der Waals surface area contributed by atoms with E-state index in [-0.39, 0.29) is 0 Å². The topological polar surface area (TPSA) is 41.1 Å². The summed E-state index contributed by atoms with van der Waals surface area (Å²) in [5, 5.41) is 4.53. The molecule has 1 N–H and O–H groups in total. The highest BCUT2D eigenvalue weighted by Crippen LogP contribution is 2.31. The Morgan fingerprint density at radius 3 is 2.63 bits per heavy atom. The van der Waals surface area contributed by atoms with E-state index in [1.807, 2.05) is 11.8 Å². The van der Waals surface area contributed by atoms with Gasteiger partial charge in [-0.05, 0) is 26.4 Å². The van der Waals surface area contributed by atoms with E-state index in [9.17, 15) is 0 Å². The van der Waals surface area contributed by atoms with Crippen molar-refractivity contribution in [1.29, 1.82) is 0 Å². The van der Waals surface area contributed by atoms with Crippen LogP contribution in [0.1, 0.15) is 38.7 Å². The molecule has 0 spiro atoms. The molecule has 5 heteroatoms. The molecule has 0 atom stereocenters.